The lowest BCUT2D eigenvalue weighted by Gasteiger charge is -2.51. The molecular formula is C22H31FN2O3. The van der Waals surface area contributed by atoms with Gasteiger partial charge in [0.25, 0.3) is 0 Å². The molecule has 0 aliphatic carbocycles. The largest absolute Gasteiger partial charge is 0.360 e. The van der Waals surface area contributed by atoms with Crippen molar-refractivity contribution in [2.24, 2.45) is 5.92 Å². The zero-order valence-corrected chi connectivity index (χ0v) is 17.0. The highest BCUT2D eigenvalue weighted by molar-refractivity contribution is 5.95. The number of benzene rings is 1. The molecule has 0 aromatic heterocycles. The number of hydrogen-bond acceptors (Lipinski definition) is 4. The Labute approximate surface area is 166 Å². The number of Topliss-reactive ketones (excluding diaryl/α,β-unsaturated/α-hetero) is 1. The van der Waals surface area contributed by atoms with Gasteiger partial charge in [-0.05, 0) is 62.9 Å². The van der Waals surface area contributed by atoms with Crippen LogP contribution in [0.1, 0.15) is 56.8 Å². The van der Waals surface area contributed by atoms with E-state index in [9.17, 15) is 14.0 Å². The van der Waals surface area contributed by atoms with Crippen molar-refractivity contribution < 1.29 is 18.7 Å². The molecule has 0 radical (unpaired) electrons. The highest BCUT2D eigenvalue weighted by Gasteiger charge is 2.49. The van der Waals surface area contributed by atoms with Gasteiger partial charge in [-0.2, -0.15) is 0 Å². The summed E-state index contributed by atoms with van der Waals surface area (Å²) in [5.41, 5.74) is 0.279. The molecular weight excluding hydrogens is 359 g/mol. The van der Waals surface area contributed by atoms with Crippen molar-refractivity contribution in [2.75, 3.05) is 19.6 Å². The highest BCUT2D eigenvalue weighted by atomic mass is 19.1. The summed E-state index contributed by atoms with van der Waals surface area (Å²) in [5, 5.41) is 3.17. The molecule has 2 aliphatic rings. The Morgan fingerprint density at radius 1 is 1.29 bits per heavy atom. The Hall–Kier alpha value is -1.79. The molecule has 1 amide bonds. The summed E-state index contributed by atoms with van der Waals surface area (Å²) in [7, 11) is 0. The van der Waals surface area contributed by atoms with E-state index in [0.717, 1.165) is 38.9 Å². The molecule has 2 heterocycles. The molecule has 0 saturated carbocycles. The van der Waals surface area contributed by atoms with Gasteiger partial charge in [0.05, 0.1) is 11.6 Å². The van der Waals surface area contributed by atoms with Crippen LogP contribution in [-0.4, -0.2) is 54.0 Å². The number of rotatable bonds is 6. The summed E-state index contributed by atoms with van der Waals surface area (Å²) in [6.45, 7) is 8.73. The average Bonchev–Trinajstić information content (AvgIpc) is 2.66. The van der Waals surface area contributed by atoms with Crippen LogP contribution in [0.25, 0.3) is 0 Å². The van der Waals surface area contributed by atoms with Crippen LogP contribution in [-0.2, 0) is 9.53 Å². The van der Waals surface area contributed by atoms with E-state index in [4.69, 9.17) is 4.74 Å². The first-order valence-electron chi connectivity index (χ1n) is 10.3. The van der Waals surface area contributed by atoms with Crippen molar-refractivity contribution in [3.63, 3.8) is 0 Å². The Balaban J connectivity index is 1.49. The van der Waals surface area contributed by atoms with Crippen LogP contribution in [0, 0.1) is 11.7 Å². The highest BCUT2D eigenvalue weighted by Crippen LogP contribution is 2.37. The minimum atomic E-state index is -0.408. The molecule has 0 bridgehead atoms. The smallest absolute Gasteiger partial charge is 0.249 e. The lowest BCUT2D eigenvalue weighted by atomic mass is 9.77. The molecule has 1 spiro atoms. The number of ether oxygens (including phenoxy) is 1. The third-order valence-electron chi connectivity index (χ3n) is 6.06. The summed E-state index contributed by atoms with van der Waals surface area (Å²) in [6, 6.07) is 5.78. The number of nitrogens with zero attached hydrogens (tertiary/aromatic N) is 1. The number of amides is 1. The fourth-order valence-electron chi connectivity index (χ4n) is 4.48. The van der Waals surface area contributed by atoms with E-state index in [-0.39, 0.29) is 29.2 Å². The number of ketones is 1. The fourth-order valence-corrected chi connectivity index (χ4v) is 4.48. The van der Waals surface area contributed by atoms with Gasteiger partial charge in [-0.15, -0.1) is 0 Å². The second kappa shape index (κ2) is 8.70. The summed E-state index contributed by atoms with van der Waals surface area (Å²) in [4.78, 5) is 26.6. The minimum Gasteiger partial charge on any atom is -0.360 e. The van der Waals surface area contributed by atoms with Crippen LogP contribution in [0.5, 0.6) is 0 Å². The molecule has 2 fully saturated rings. The molecule has 2 atom stereocenters. The predicted molar refractivity (Wildman–Crippen MR) is 106 cm³/mol. The average molecular weight is 390 g/mol. The number of piperidine rings is 1. The van der Waals surface area contributed by atoms with Crippen LogP contribution in [0.4, 0.5) is 4.39 Å². The lowest BCUT2D eigenvalue weighted by Crippen LogP contribution is -2.67. The van der Waals surface area contributed by atoms with E-state index in [2.05, 4.69) is 24.1 Å². The maximum atomic E-state index is 13.0. The first-order chi connectivity index (χ1) is 13.3. The van der Waals surface area contributed by atoms with Crippen LogP contribution < -0.4 is 5.32 Å². The Morgan fingerprint density at radius 3 is 2.54 bits per heavy atom. The zero-order chi connectivity index (χ0) is 20.3. The molecule has 1 aromatic rings. The first-order valence-corrected chi connectivity index (χ1v) is 10.3. The number of halogens is 1. The number of carbonyl (C=O) groups excluding carboxylic acids is 2. The third kappa shape index (κ3) is 4.61. The summed E-state index contributed by atoms with van der Waals surface area (Å²) in [6.07, 6.45) is 2.60. The van der Waals surface area contributed by atoms with Crippen LogP contribution in [0.15, 0.2) is 24.3 Å². The number of hydrogen-bond donors (Lipinski definition) is 1. The summed E-state index contributed by atoms with van der Waals surface area (Å²) >= 11 is 0. The SMILES string of the molecule is CC1OC2(CCN(CCCC(=O)c3ccc(F)cc3)CC2)C(C(C)C)NC1=O. The molecule has 28 heavy (non-hydrogen) atoms. The number of nitrogens with one attached hydrogen (secondary N) is 1. The van der Waals surface area contributed by atoms with Gasteiger partial charge in [-0.3, -0.25) is 9.59 Å². The van der Waals surface area contributed by atoms with Crippen molar-refractivity contribution in [3.8, 4) is 0 Å². The van der Waals surface area contributed by atoms with Gasteiger partial charge in [-0.1, -0.05) is 13.8 Å². The molecule has 5 nitrogen and oxygen atoms in total. The van der Waals surface area contributed by atoms with Crippen molar-refractivity contribution in [1.82, 2.24) is 10.2 Å². The molecule has 3 rings (SSSR count). The third-order valence-corrected chi connectivity index (χ3v) is 6.06. The van der Waals surface area contributed by atoms with Gasteiger partial charge in [0.1, 0.15) is 11.9 Å². The Bertz CT molecular complexity index is 696. The zero-order valence-electron chi connectivity index (χ0n) is 17.0. The molecule has 1 aromatic carbocycles. The van der Waals surface area contributed by atoms with Crippen molar-refractivity contribution >= 4 is 11.7 Å². The Kier molecular flexibility index (Phi) is 6.50. The predicted octanol–water partition coefficient (Wildman–Crippen LogP) is 3.18. The summed E-state index contributed by atoms with van der Waals surface area (Å²) < 4.78 is 19.2. The van der Waals surface area contributed by atoms with Gasteiger partial charge in [0.2, 0.25) is 5.91 Å². The van der Waals surface area contributed by atoms with E-state index < -0.39 is 6.10 Å². The van der Waals surface area contributed by atoms with Crippen molar-refractivity contribution in [1.29, 1.82) is 0 Å². The van der Waals surface area contributed by atoms with Gasteiger partial charge in [-0.25, -0.2) is 4.39 Å². The van der Waals surface area contributed by atoms with Crippen LogP contribution in [0.2, 0.25) is 0 Å². The topological polar surface area (TPSA) is 58.6 Å². The van der Waals surface area contributed by atoms with Gasteiger partial charge >= 0.3 is 0 Å². The standard InChI is InChI=1S/C22H31FN2O3/c1-15(2)20-22(28-16(3)21(27)24-20)10-13-25(14-11-22)12-4-5-19(26)17-6-8-18(23)9-7-17/h6-9,15-16,20H,4-5,10-14H2,1-3H3,(H,24,27). The van der Waals surface area contributed by atoms with E-state index >= 15 is 0 Å². The molecule has 2 unspecified atom stereocenters. The molecule has 1 N–H and O–H groups in total. The quantitative estimate of drug-likeness (QED) is 0.758. The van der Waals surface area contributed by atoms with Crippen LogP contribution in [0.3, 0.4) is 0 Å². The molecule has 2 saturated heterocycles. The van der Waals surface area contributed by atoms with Gasteiger partial charge in [0, 0.05) is 25.1 Å². The second-order valence-electron chi connectivity index (χ2n) is 8.43. The molecule has 6 heteroatoms. The fraction of sp³-hybridized carbons (Fsp3) is 0.636. The Morgan fingerprint density at radius 2 is 1.93 bits per heavy atom. The molecule has 154 valence electrons. The number of likely N-dealkylation sites (tertiary alicyclic amines) is 1. The molecule has 2 aliphatic heterocycles. The maximum Gasteiger partial charge on any atom is 0.249 e. The summed E-state index contributed by atoms with van der Waals surface area (Å²) in [5.74, 6) is 0.0248. The van der Waals surface area contributed by atoms with Crippen LogP contribution >= 0.6 is 0 Å². The normalized spacial score (nSPS) is 25.1. The van der Waals surface area contributed by atoms with E-state index in [1.54, 1.807) is 12.1 Å². The first kappa shape index (κ1) is 20.9. The van der Waals surface area contributed by atoms with E-state index in [1.807, 2.05) is 6.92 Å². The van der Waals surface area contributed by atoms with Crippen molar-refractivity contribution in [2.45, 2.75) is 64.2 Å². The van der Waals surface area contributed by atoms with Crippen molar-refractivity contribution in [3.05, 3.63) is 35.6 Å². The lowest BCUT2D eigenvalue weighted by molar-refractivity contribution is -0.185. The monoisotopic (exact) mass is 390 g/mol. The van der Waals surface area contributed by atoms with E-state index in [1.165, 1.54) is 12.1 Å². The van der Waals surface area contributed by atoms with Gasteiger partial charge < -0.3 is 15.0 Å². The maximum absolute atomic E-state index is 13.0. The second-order valence-corrected chi connectivity index (χ2v) is 8.43. The number of carbonyl (C=O) groups is 2. The van der Waals surface area contributed by atoms with Gasteiger partial charge in [0.15, 0.2) is 5.78 Å². The van der Waals surface area contributed by atoms with E-state index in [0.29, 0.717) is 17.9 Å². The number of morpholine rings is 1. The minimum absolute atomic E-state index is 0.0222.